The summed E-state index contributed by atoms with van der Waals surface area (Å²) in [5.41, 5.74) is 3.19. The van der Waals surface area contributed by atoms with Crippen molar-refractivity contribution >= 4 is 9.24 Å². The highest BCUT2D eigenvalue weighted by molar-refractivity contribution is 7.19. The SMILES string of the molecule is PC(c1ccoc1)(c1ccoc1)c1cc[oH+]c1. The van der Waals surface area contributed by atoms with Gasteiger partial charge in [-0.25, -0.2) is 0 Å². The first-order valence-corrected chi connectivity index (χ1v) is 5.81. The fourth-order valence-electron chi connectivity index (χ4n) is 2.00. The second-order valence-corrected chi connectivity index (χ2v) is 4.75. The van der Waals surface area contributed by atoms with Crippen molar-refractivity contribution in [2.45, 2.75) is 5.16 Å². The van der Waals surface area contributed by atoms with Gasteiger partial charge in [0, 0.05) is 17.2 Å². The van der Waals surface area contributed by atoms with Gasteiger partial charge in [-0.3, -0.25) is 0 Å². The zero-order valence-corrected chi connectivity index (χ0v) is 10.2. The fourth-order valence-corrected chi connectivity index (χ4v) is 2.50. The summed E-state index contributed by atoms with van der Waals surface area (Å²) in [6, 6.07) is 5.90. The van der Waals surface area contributed by atoms with E-state index in [-0.39, 0.29) is 5.16 Å². The molecule has 3 rings (SSSR count). The molecular formula is C13H12O3P+. The molecule has 1 N–H and O–H groups in total. The maximum atomic E-state index is 5.19. The molecule has 0 aliphatic carbocycles. The van der Waals surface area contributed by atoms with Gasteiger partial charge in [0.05, 0.1) is 35.8 Å². The van der Waals surface area contributed by atoms with Gasteiger partial charge >= 0.3 is 0 Å². The third-order valence-corrected chi connectivity index (χ3v) is 3.96. The second kappa shape index (κ2) is 3.94. The van der Waals surface area contributed by atoms with E-state index < -0.39 is 0 Å². The van der Waals surface area contributed by atoms with Crippen molar-refractivity contribution in [2.75, 3.05) is 0 Å². The van der Waals surface area contributed by atoms with Crippen LogP contribution in [0.25, 0.3) is 0 Å². The zero-order chi connectivity index (χ0) is 11.7. The molecule has 17 heavy (non-hydrogen) atoms. The van der Waals surface area contributed by atoms with E-state index in [4.69, 9.17) is 8.83 Å². The molecule has 0 aromatic carbocycles. The highest BCUT2D eigenvalue weighted by Gasteiger charge is 2.35. The van der Waals surface area contributed by atoms with Crippen LogP contribution in [0.5, 0.6) is 0 Å². The van der Waals surface area contributed by atoms with Crippen LogP contribution < -0.4 is 0 Å². The summed E-state index contributed by atoms with van der Waals surface area (Å²) in [6.45, 7) is 0. The highest BCUT2D eigenvalue weighted by Crippen LogP contribution is 2.45. The Balaban J connectivity index is 2.21. The predicted molar refractivity (Wildman–Crippen MR) is 66.8 cm³/mol. The van der Waals surface area contributed by atoms with Crippen molar-refractivity contribution in [3.8, 4) is 0 Å². The molecular weight excluding hydrogens is 235 g/mol. The Labute approximate surface area is 101 Å². The Kier molecular flexibility index (Phi) is 2.41. The van der Waals surface area contributed by atoms with Crippen LogP contribution in [0.3, 0.4) is 0 Å². The topological polar surface area (TPSA) is 39.1 Å². The molecule has 3 heterocycles. The van der Waals surface area contributed by atoms with Crippen LogP contribution in [0.1, 0.15) is 16.7 Å². The third kappa shape index (κ3) is 1.55. The zero-order valence-electron chi connectivity index (χ0n) is 9.04. The van der Waals surface area contributed by atoms with Crippen LogP contribution in [0, 0.1) is 0 Å². The van der Waals surface area contributed by atoms with E-state index in [1.165, 1.54) is 0 Å². The Morgan fingerprint density at radius 3 is 2.00 bits per heavy atom. The average molecular weight is 247 g/mol. The summed E-state index contributed by atoms with van der Waals surface area (Å²) >= 11 is 0. The molecule has 1 atom stereocenters. The summed E-state index contributed by atoms with van der Waals surface area (Å²) in [6.07, 6.45) is 10.5. The molecule has 3 aromatic heterocycles. The molecule has 0 spiro atoms. The standard InChI is InChI=1S/C13H11O3P/c17-13(10-1-4-14-7-10,11-2-5-15-8-11)12-3-6-16-9-12/h1-9H,17H2/p+1. The van der Waals surface area contributed by atoms with Gasteiger partial charge < -0.3 is 13.3 Å². The molecule has 4 heteroatoms. The number of hydrogen-bond acceptors (Lipinski definition) is 2. The largest absolute Gasteiger partial charge is 0.556 e. The normalized spacial score (nSPS) is 11.8. The molecule has 0 saturated heterocycles. The van der Waals surface area contributed by atoms with Gasteiger partial charge in [-0.1, -0.05) is 0 Å². The van der Waals surface area contributed by atoms with Crippen LogP contribution >= 0.6 is 9.24 Å². The molecule has 3 nitrogen and oxygen atoms in total. The lowest BCUT2D eigenvalue weighted by Crippen LogP contribution is -2.19. The molecule has 0 radical (unpaired) electrons. The van der Waals surface area contributed by atoms with Gasteiger partial charge in [0.2, 0.25) is 12.5 Å². The molecule has 0 fully saturated rings. The van der Waals surface area contributed by atoms with Gasteiger partial charge in [-0.15, -0.1) is 9.24 Å². The second-order valence-electron chi connectivity index (χ2n) is 3.88. The first-order chi connectivity index (χ1) is 8.32. The van der Waals surface area contributed by atoms with Crippen LogP contribution in [0.15, 0.2) is 69.0 Å². The van der Waals surface area contributed by atoms with Crippen molar-refractivity contribution in [1.29, 1.82) is 0 Å². The Bertz CT molecular complexity index is 480. The van der Waals surface area contributed by atoms with Gasteiger partial charge in [-0.2, -0.15) is 0 Å². The molecule has 0 aliphatic rings. The van der Waals surface area contributed by atoms with Crippen molar-refractivity contribution in [3.63, 3.8) is 0 Å². The molecule has 0 saturated carbocycles. The summed E-state index contributed by atoms with van der Waals surface area (Å²) in [4.78, 5) is 0. The van der Waals surface area contributed by atoms with Gasteiger partial charge in [0.1, 0.15) is 0 Å². The van der Waals surface area contributed by atoms with E-state index in [1.807, 2.05) is 24.5 Å². The number of furan rings is 3. The van der Waals surface area contributed by atoms with Crippen molar-refractivity contribution in [3.05, 3.63) is 72.5 Å². The van der Waals surface area contributed by atoms with E-state index in [0.29, 0.717) is 0 Å². The van der Waals surface area contributed by atoms with Crippen LogP contribution in [0.2, 0.25) is 0 Å². The fraction of sp³-hybridized carbons (Fsp3) is 0.0769. The molecule has 0 bridgehead atoms. The lowest BCUT2D eigenvalue weighted by Gasteiger charge is -2.24. The van der Waals surface area contributed by atoms with Crippen molar-refractivity contribution < 1.29 is 13.3 Å². The molecule has 1 unspecified atom stereocenters. The Morgan fingerprint density at radius 2 is 1.59 bits per heavy atom. The Morgan fingerprint density at radius 1 is 0.941 bits per heavy atom. The molecule has 86 valence electrons. The molecule has 0 amide bonds. The minimum Gasteiger partial charge on any atom is -0.556 e. The van der Waals surface area contributed by atoms with Gasteiger partial charge in [-0.05, 0) is 12.1 Å². The average Bonchev–Trinajstić information content (AvgIpc) is 3.10. The van der Waals surface area contributed by atoms with Crippen LogP contribution in [-0.4, -0.2) is 0 Å². The summed E-state index contributed by atoms with van der Waals surface area (Å²) in [7, 11) is 2.87. The van der Waals surface area contributed by atoms with Gasteiger partial charge in [0.25, 0.3) is 0 Å². The van der Waals surface area contributed by atoms with Crippen LogP contribution in [-0.2, 0) is 5.16 Å². The minimum atomic E-state index is -0.365. The summed E-state index contributed by atoms with van der Waals surface area (Å²) < 4.78 is 14.5. The van der Waals surface area contributed by atoms with E-state index >= 15 is 0 Å². The lowest BCUT2D eigenvalue weighted by atomic mass is 9.88. The summed E-state index contributed by atoms with van der Waals surface area (Å²) in [5.74, 6) is 0. The number of hydrogen-bond donors (Lipinski definition) is 0. The lowest BCUT2D eigenvalue weighted by molar-refractivity contribution is 0.552. The van der Waals surface area contributed by atoms with Crippen LogP contribution in [0.4, 0.5) is 0 Å². The third-order valence-electron chi connectivity index (χ3n) is 2.96. The first-order valence-electron chi connectivity index (χ1n) is 5.23. The minimum absolute atomic E-state index is 0.365. The maximum Gasteiger partial charge on any atom is 0.228 e. The quantitative estimate of drug-likeness (QED) is 0.522. The predicted octanol–water partition coefficient (Wildman–Crippen LogP) is 3.75. The van der Waals surface area contributed by atoms with Crippen molar-refractivity contribution in [2.24, 2.45) is 0 Å². The smallest absolute Gasteiger partial charge is 0.228 e. The molecule has 0 aliphatic heterocycles. The highest BCUT2D eigenvalue weighted by atomic mass is 31.0. The maximum absolute atomic E-state index is 5.19. The monoisotopic (exact) mass is 247 g/mol. The summed E-state index contributed by atoms with van der Waals surface area (Å²) in [5, 5.41) is -0.365. The Hall–Kier alpha value is -1.73. The van der Waals surface area contributed by atoms with E-state index in [9.17, 15) is 0 Å². The number of rotatable bonds is 3. The van der Waals surface area contributed by atoms with Crippen molar-refractivity contribution in [1.82, 2.24) is 0 Å². The van der Waals surface area contributed by atoms with E-state index in [2.05, 4.69) is 13.7 Å². The first kappa shape index (κ1) is 10.4. The van der Waals surface area contributed by atoms with E-state index in [1.54, 1.807) is 31.3 Å². The van der Waals surface area contributed by atoms with Gasteiger partial charge in [0.15, 0.2) is 0 Å². The van der Waals surface area contributed by atoms with E-state index in [0.717, 1.165) is 16.7 Å². The molecule has 3 aromatic rings.